The van der Waals surface area contributed by atoms with Crippen molar-refractivity contribution in [2.24, 2.45) is 7.05 Å². The van der Waals surface area contributed by atoms with E-state index in [0.29, 0.717) is 0 Å². The summed E-state index contributed by atoms with van der Waals surface area (Å²) < 4.78 is 1.77. The van der Waals surface area contributed by atoms with Crippen molar-refractivity contribution >= 4 is 5.82 Å². The van der Waals surface area contributed by atoms with Crippen molar-refractivity contribution in [3.63, 3.8) is 0 Å². The third-order valence-corrected chi connectivity index (χ3v) is 2.36. The third-order valence-electron chi connectivity index (χ3n) is 2.36. The largest absolute Gasteiger partial charge is 0.373 e. The van der Waals surface area contributed by atoms with Gasteiger partial charge in [-0.25, -0.2) is 9.97 Å². The van der Waals surface area contributed by atoms with Gasteiger partial charge in [0.05, 0.1) is 11.3 Å². The highest BCUT2D eigenvalue weighted by molar-refractivity contribution is 5.59. The van der Waals surface area contributed by atoms with Gasteiger partial charge in [0, 0.05) is 32.1 Å². The van der Waals surface area contributed by atoms with E-state index in [1.54, 1.807) is 4.68 Å². The Bertz CT molecular complexity index is 515. The summed E-state index contributed by atoms with van der Waals surface area (Å²) in [5.41, 5.74) is 2.86. The second-order valence-corrected chi connectivity index (χ2v) is 3.77. The lowest BCUT2D eigenvalue weighted by Crippen LogP contribution is -1.98. The van der Waals surface area contributed by atoms with Crippen molar-refractivity contribution in [3.05, 3.63) is 23.7 Å². The molecule has 2 rings (SSSR count). The van der Waals surface area contributed by atoms with E-state index < -0.39 is 0 Å². The number of nitrogens with one attached hydrogen (secondary N) is 1. The van der Waals surface area contributed by atoms with Crippen LogP contribution in [-0.2, 0) is 7.05 Å². The molecule has 0 aliphatic rings. The molecule has 84 valence electrons. The van der Waals surface area contributed by atoms with Crippen LogP contribution in [0.3, 0.4) is 0 Å². The van der Waals surface area contributed by atoms with Gasteiger partial charge in [0.15, 0.2) is 5.82 Å². The quantitative estimate of drug-likeness (QED) is 0.829. The highest BCUT2D eigenvalue weighted by Gasteiger charge is 2.10. The molecule has 0 atom stereocenters. The molecule has 0 spiro atoms. The summed E-state index contributed by atoms with van der Waals surface area (Å²) in [6.07, 6.45) is 1.93. The van der Waals surface area contributed by atoms with Crippen molar-refractivity contribution < 1.29 is 0 Å². The van der Waals surface area contributed by atoms with Gasteiger partial charge in [-0.15, -0.1) is 0 Å². The summed E-state index contributed by atoms with van der Waals surface area (Å²) in [6, 6.07) is 1.91. The maximum atomic E-state index is 4.42. The lowest BCUT2D eigenvalue weighted by atomic mass is 10.2. The van der Waals surface area contributed by atoms with Gasteiger partial charge in [0.1, 0.15) is 5.82 Å². The summed E-state index contributed by atoms with van der Waals surface area (Å²) in [4.78, 5) is 8.84. The first-order valence-electron chi connectivity index (χ1n) is 5.14. The zero-order chi connectivity index (χ0) is 11.7. The third kappa shape index (κ3) is 1.88. The minimum absolute atomic E-state index is 0.718. The van der Waals surface area contributed by atoms with Crippen molar-refractivity contribution in [2.45, 2.75) is 13.8 Å². The van der Waals surface area contributed by atoms with E-state index in [9.17, 15) is 0 Å². The van der Waals surface area contributed by atoms with Crippen molar-refractivity contribution in [1.29, 1.82) is 0 Å². The highest BCUT2D eigenvalue weighted by atomic mass is 15.3. The molecule has 0 amide bonds. The van der Waals surface area contributed by atoms with E-state index in [1.807, 2.05) is 40.2 Å². The molecule has 5 nitrogen and oxygen atoms in total. The van der Waals surface area contributed by atoms with Crippen LogP contribution >= 0.6 is 0 Å². The minimum atomic E-state index is 0.718. The predicted molar refractivity (Wildman–Crippen MR) is 63.3 cm³/mol. The molecule has 0 aliphatic carbocycles. The van der Waals surface area contributed by atoms with Crippen LogP contribution in [0.25, 0.3) is 11.4 Å². The first kappa shape index (κ1) is 10.6. The zero-order valence-electron chi connectivity index (χ0n) is 9.94. The summed E-state index contributed by atoms with van der Waals surface area (Å²) in [5.74, 6) is 1.54. The van der Waals surface area contributed by atoms with E-state index >= 15 is 0 Å². The molecule has 0 fully saturated rings. The molecule has 0 aromatic carbocycles. The number of anilines is 1. The molecule has 0 bridgehead atoms. The van der Waals surface area contributed by atoms with Crippen LogP contribution in [0.5, 0.6) is 0 Å². The van der Waals surface area contributed by atoms with Crippen LogP contribution in [0, 0.1) is 13.8 Å². The van der Waals surface area contributed by atoms with Crippen LogP contribution in [-0.4, -0.2) is 26.8 Å². The fourth-order valence-electron chi connectivity index (χ4n) is 1.64. The smallest absolute Gasteiger partial charge is 0.165 e. The molecule has 0 unspecified atom stereocenters. The average Bonchev–Trinajstić information content (AvgIpc) is 2.57. The van der Waals surface area contributed by atoms with Crippen LogP contribution in [0.1, 0.15) is 11.4 Å². The molecule has 0 saturated carbocycles. The van der Waals surface area contributed by atoms with Gasteiger partial charge < -0.3 is 5.32 Å². The van der Waals surface area contributed by atoms with E-state index in [2.05, 4.69) is 20.4 Å². The lowest BCUT2D eigenvalue weighted by molar-refractivity contribution is 0.756. The van der Waals surface area contributed by atoms with Crippen molar-refractivity contribution in [1.82, 2.24) is 19.7 Å². The Kier molecular flexibility index (Phi) is 2.60. The number of hydrogen-bond acceptors (Lipinski definition) is 4. The number of aromatic nitrogens is 4. The van der Waals surface area contributed by atoms with Gasteiger partial charge in [-0.1, -0.05) is 0 Å². The fraction of sp³-hybridized carbons (Fsp3) is 0.364. The second-order valence-electron chi connectivity index (χ2n) is 3.77. The number of hydrogen-bond donors (Lipinski definition) is 1. The molecule has 2 aromatic rings. The molecule has 2 aromatic heterocycles. The second kappa shape index (κ2) is 3.92. The molecule has 1 N–H and O–H groups in total. The van der Waals surface area contributed by atoms with Crippen LogP contribution < -0.4 is 5.32 Å². The molecule has 0 radical (unpaired) electrons. The lowest BCUT2D eigenvalue weighted by Gasteiger charge is -2.04. The van der Waals surface area contributed by atoms with E-state index in [1.165, 1.54) is 0 Å². The van der Waals surface area contributed by atoms with Gasteiger partial charge in [0.2, 0.25) is 0 Å². The van der Waals surface area contributed by atoms with Crippen LogP contribution in [0.15, 0.2) is 12.3 Å². The van der Waals surface area contributed by atoms with E-state index in [-0.39, 0.29) is 0 Å². The standard InChI is InChI=1S/C11H15N5/c1-7-5-10(12-3)14-11(13-7)9-6-16(4)15-8(9)2/h5-6H,1-4H3,(H,12,13,14). The summed E-state index contributed by atoms with van der Waals surface area (Å²) >= 11 is 0. The molecule has 0 saturated heterocycles. The van der Waals surface area contributed by atoms with Gasteiger partial charge in [-0.05, 0) is 13.8 Å². The van der Waals surface area contributed by atoms with Gasteiger partial charge in [-0.3, -0.25) is 4.68 Å². The Labute approximate surface area is 94.5 Å². The fourth-order valence-corrected chi connectivity index (χ4v) is 1.64. The van der Waals surface area contributed by atoms with Crippen molar-refractivity contribution in [2.75, 3.05) is 12.4 Å². The van der Waals surface area contributed by atoms with Gasteiger partial charge in [-0.2, -0.15) is 5.10 Å². The van der Waals surface area contributed by atoms with Gasteiger partial charge >= 0.3 is 0 Å². The number of rotatable bonds is 2. The number of aryl methyl sites for hydroxylation is 3. The van der Waals surface area contributed by atoms with Crippen LogP contribution in [0.2, 0.25) is 0 Å². The van der Waals surface area contributed by atoms with Crippen LogP contribution in [0.4, 0.5) is 5.82 Å². The van der Waals surface area contributed by atoms with Gasteiger partial charge in [0.25, 0.3) is 0 Å². The Morgan fingerprint density at radius 3 is 2.56 bits per heavy atom. The Morgan fingerprint density at radius 2 is 2.00 bits per heavy atom. The number of nitrogens with zero attached hydrogens (tertiary/aromatic N) is 4. The molecular formula is C11H15N5. The molecular weight excluding hydrogens is 202 g/mol. The Hall–Kier alpha value is -1.91. The Morgan fingerprint density at radius 1 is 1.25 bits per heavy atom. The summed E-state index contributed by atoms with van der Waals surface area (Å²) in [6.45, 7) is 3.91. The Balaban J connectivity index is 2.55. The molecule has 5 heteroatoms. The van der Waals surface area contributed by atoms with E-state index in [0.717, 1.165) is 28.6 Å². The maximum absolute atomic E-state index is 4.42. The topological polar surface area (TPSA) is 55.6 Å². The summed E-state index contributed by atoms with van der Waals surface area (Å²) in [7, 11) is 3.74. The minimum Gasteiger partial charge on any atom is -0.373 e. The molecule has 16 heavy (non-hydrogen) atoms. The zero-order valence-corrected chi connectivity index (χ0v) is 9.94. The SMILES string of the molecule is CNc1cc(C)nc(-c2cn(C)nc2C)n1. The summed E-state index contributed by atoms with van der Waals surface area (Å²) in [5, 5.41) is 7.31. The molecule has 2 heterocycles. The molecule has 0 aliphatic heterocycles. The normalized spacial score (nSPS) is 10.5. The highest BCUT2D eigenvalue weighted by Crippen LogP contribution is 2.20. The van der Waals surface area contributed by atoms with E-state index in [4.69, 9.17) is 0 Å². The van der Waals surface area contributed by atoms with Crippen molar-refractivity contribution in [3.8, 4) is 11.4 Å². The first-order chi connectivity index (χ1) is 7.60. The maximum Gasteiger partial charge on any atom is 0.165 e. The monoisotopic (exact) mass is 217 g/mol. The predicted octanol–water partition coefficient (Wildman–Crippen LogP) is 1.54. The first-order valence-corrected chi connectivity index (χ1v) is 5.14. The average molecular weight is 217 g/mol.